The number of nitrogens with two attached hydrogens (primary N) is 1. The lowest BCUT2D eigenvalue weighted by molar-refractivity contribution is -0.185. The highest BCUT2D eigenvalue weighted by Crippen LogP contribution is 2.25. The number of likely N-dealkylation sites (N-methyl/N-ethyl adjacent to an activating group) is 1. The Bertz CT molecular complexity index is 231. The summed E-state index contributed by atoms with van der Waals surface area (Å²) in [4.78, 5) is 12.0. The molecule has 1 amide bonds. The van der Waals surface area contributed by atoms with Crippen LogP contribution in [0.3, 0.4) is 0 Å². The predicted octanol–water partition coefficient (Wildman–Crippen LogP) is 0.332. The molecular weight excluding hydrogens is 223 g/mol. The Morgan fingerprint density at radius 2 is 2.00 bits per heavy atom. The number of amides is 1. The molecule has 16 heavy (non-hydrogen) atoms. The first-order valence-corrected chi connectivity index (χ1v) is 4.93. The van der Waals surface area contributed by atoms with Crippen molar-refractivity contribution in [3.8, 4) is 0 Å². The third-order valence-electron chi connectivity index (χ3n) is 2.28. The summed E-state index contributed by atoms with van der Waals surface area (Å²) in [6, 6.07) is -2.76. The van der Waals surface area contributed by atoms with Crippen LogP contribution in [0.25, 0.3) is 0 Å². The first-order chi connectivity index (χ1) is 7.20. The Morgan fingerprint density at radius 1 is 1.50 bits per heavy atom. The highest BCUT2D eigenvalue weighted by Gasteiger charge is 2.44. The Morgan fingerprint density at radius 3 is 2.31 bits per heavy atom. The van der Waals surface area contributed by atoms with E-state index in [0.717, 1.165) is 4.90 Å². The van der Waals surface area contributed by atoms with Crippen LogP contribution in [0, 0.1) is 0 Å². The van der Waals surface area contributed by atoms with Gasteiger partial charge in [-0.2, -0.15) is 13.2 Å². The number of rotatable bonds is 5. The monoisotopic (exact) mass is 241 g/mol. The first kappa shape index (κ1) is 15.2. The van der Waals surface area contributed by atoms with Crippen LogP contribution in [0.4, 0.5) is 13.2 Å². The van der Waals surface area contributed by atoms with Gasteiger partial charge in [0, 0.05) is 26.1 Å². The van der Waals surface area contributed by atoms with Gasteiger partial charge >= 0.3 is 6.18 Å². The largest absolute Gasteiger partial charge is 0.405 e. The fraction of sp³-hybridized carbons (Fsp3) is 0.889. The van der Waals surface area contributed by atoms with Crippen LogP contribution in [0.15, 0.2) is 0 Å². The molecule has 2 unspecified atom stereocenters. The second-order valence-electron chi connectivity index (χ2n) is 3.75. The molecule has 0 aliphatic carbocycles. The quantitative estimate of drug-likeness (QED) is 0.729. The summed E-state index contributed by atoms with van der Waals surface area (Å²) in [5, 5.41) is 2.35. The summed E-state index contributed by atoms with van der Waals surface area (Å²) in [5.74, 6) is -0.294. The number of alkyl halides is 3. The summed E-state index contributed by atoms with van der Waals surface area (Å²) in [6.07, 6.45) is -4.36. The molecule has 0 aliphatic rings. The molecule has 0 rings (SSSR count). The van der Waals surface area contributed by atoms with E-state index in [1.807, 2.05) is 0 Å². The Balaban J connectivity index is 4.41. The van der Waals surface area contributed by atoms with Crippen molar-refractivity contribution in [2.75, 3.05) is 20.6 Å². The number of carbonyl (C=O) groups is 1. The van der Waals surface area contributed by atoms with Gasteiger partial charge in [0.25, 0.3) is 0 Å². The lowest BCUT2D eigenvalue weighted by Gasteiger charge is -2.32. The molecule has 0 spiro atoms. The highest BCUT2D eigenvalue weighted by molar-refractivity contribution is 5.75. The molecule has 0 saturated carbocycles. The highest BCUT2D eigenvalue weighted by atomic mass is 19.4. The van der Waals surface area contributed by atoms with Crippen LogP contribution in [-0.4, -0.2) is 49.7 Å². The van der Waals surface area contributed by atoms with Gasteiger partial charge in [-0.3, -0.25) is 9.69 Å². The second kappa shape index (κ2) is 6.05. The fourth-order valence-electron chi connectivity index (χ4n) is 1.49. The van der Waals surface area contributed by atoms with Crippen LogP contribution in [0.5, 0.6) is 0 Å². The third-order valence-corrected chi connectivity index (χ3v) is 2.28. The van der Waals surface area contributed by atoms with Crippen molar-refractivity contribution in [3.63, 3.8) is 0 Å². The van der Waals surface area contributed by atoms with E-state index in [-0.39, 0.29) is 18.9 Å². The van der Waals surface area contributed by atoms with Gasteiger partial charge in [-0.1, -0.05) is 0 Å². The summed E-state index contributed by atoms with van der Waals surface area (Å²) >= 11 is 0. The van der Waals surface area contributed by atoms with Gasteiger partial charge in [-0.15, -0.1) is 0 Å². The average molecular weight is 241 g/mol. The van der Waals surface area contributed by atoms with Gasteiger partial charge in [-0.05, 0) is 14.0 Å². The number of carbonyl (C=O) groups excluding carboxylic acids is 1. The van der Waals surface area contributed by atoms with Crippen molar-refractivity contribution in [1.82, 2.24) is 10.2 Å². The third kappa shape index (κ3) is 4.80. The van der Waals surface area contributed by atoms with Crippen molar-refractivity contribution < 1.29 is 18.0 Å². The van der Waals surface area contributed by atoms with E-state index >= 15 is 0 Å². The molecule has 0 fully saturated rings. The summed E-state index contributed by atoms with van der Waals surface area (Å²) in [7, 11) is 2.75. The van der Waals surface area contributed by atoms with E-state index in [1.54, 1.807) is 0 Å². The maximum Gasteiger partial charge on any atom is 0.405 e. The molecule has 0 aliphatic heterocycles. The molecule has 0 aromatic rings. The topological polar surface area (TPSA) is 58.4 Å². The Kier molecular flexibility index (Phi) is 5.74. The van der Waals surface area contributed by atoms with E-state index in [4.69, 9.17) is 5.73 Å². The van der Waals surface area contributed by atoms with Gasteiger partial charge < -0.3 is 11.1 Å². The molecule has 7 heteroatoms. The number of nitrogens with one attached hydrogen (secondary N) is 1. The van der Waals surface area contributed by atoms with Gasteiger partial charge in [0.05, 0.1) is 0 Å². The summed E-state index contributed by atoms with van der Waals surface area (Å²) in [5.41, 5.74) is 5.30. The lowest BCUT2D eigenvalue weighted by atomic mass is 10.1. The zero-order chi connectivity index (χ0) is 12.9. The van der Waals surface area contributed by atoms with E-state index in [2.05, 4.69) is 5.32 Å². The van der Waals surface area contributed by atoms with E-state index < -0.39 is 18.3 Å². The predicted molar refractivity (Wildman–Crippen MR) is 54.8 cm³/mol. The zero-order valence-electron chi connectivity index (χ0n) is 9.64. The molecule has 0 aromatic carbocycles. The molecule has 4 nitrogen and oxygen atoms in total. The van der Waals surface area contributed by atoms with Crippen LogP contribution in [0.2, 0.25) is 0 Å². The molecule has 0 bridgehead atoms. The summed E-state index contributed by atoms with van der Waals surface area (Å²) < 4.78 is 37.8. The molecular formula is C9H18F3N3O. The molecule has 3 N–H and O–H groups in total. The molecule has 0 saturated heterocycles. The van der Waals surface area contributed by atoms with Crippen molar-refractivity contribution in [2.45, 2.75) is 31.6 Å². The van der Waals surface area contributed by atoms with Crippen molar-refractivity contribution in [2.24, 2.45) is 5.73 Å². The SMILES string of the molecule is CNC(=O)CCN(C)C(C(C)N)C(F)(F)F. The first-order valence-electron chi connectivity index (χ1n) is 4.93. The minimum Gasteiger partial charge on any atom is -0.359 e. The molecule has 0 heterocycles. The summed E-state index contributed by atoms with van der Waals surface area (Å²) in [6.45, 7) is 1.32. The number of halogens is 3. The molecule has 0 radical (unpaired) electrons. The molecule has 0 aromatic heterocycles. The fourth-order valence-corrected chi connectivity index (χ4v) is 1.49. The van der Waals surface area contributed by atoms with E-state index in [0.29, 0.717) is 0 Å². The van der Waals surface area contributed by atoms with Gasteiger partial charge in [-0.25, -0.2) is 0 Å². The van der Waals surface area contributed by atoms with Gasteiger partial charge in [0.1, 0.15) is 6.04 Å². The Labute approximate surface area is 93.0 Å². The second-order valence-corrected chi connectivity index (χ2v) is 3.75. The van der Waals surface area contributed by atoms with Crippen LogP contribution < -0.4 is 11.1 Å². The molecule has 96 valence electrons. The Hall–Kier alpha value is -0.820. The maximum absolute atomic E-state index is 12.6. The lowest BCUT2D eigenvalue weighted by Crippen LogP contribution is -2.54. The normalized spacial score (nSPS) is 16.0. The number of nitrogens with zero attached hydrogens (tertiary/aromatic N) is 1. The zero-order valence-corrected chi connectivity index (χ0v) is 9.64. The van der Waals surface area contributed by atoms with Gasteiger partial charge in [0.2, 0.25) is 5.91 Å². The smallest absolute Gasteiger partial charge is 0.359 e. The van der Waals surface area contributed by atoms with Crippen molar-refractivity contribution in [1.29, 1.82) is 0 Å². The van der Waals surface area contributed by atoms with E-state index in [1.165, 1.54) is 21.0 Å². The number of hydrogen-bond donors (Lipinski definition) is 2. The standard InChI is InChI=1S/C9H18F3N3O/c1-6(13)8(9(10,11)12)15(3)5-4-7(16)14-2/h6,8H,4-5,13H2,1-3H3,(H,14,16). The van der Waals surface area contributed by atoms with Crippen LogP contribution in [0.1, 0.15) is 13.3 Å². The number of hydrogen-bond acceptors (Lipinski definition) is 3. The van der Waals surface area contributed by atoms with Crippen molar-refractivity contribution in [3.05, 3.63) is 0 Å². The van der Waals surface area contributed by atoms with Crippen molar-refractivity contribution >= 4 is 5.91 Å². The maximum atomic E-state index is 12.6. The van der Waals surface area contributed by atoms with Gasteiger partial charge in [0.15, 0.2) is 0 Å². The minimum atomic E-state index is -4.38. The minimum absolute atomic E-state index is 0.0192. The van der Waals surface area contributed by atoms with E-state index in [9.17, 15) is 18.0 Å². The van der Waals surface area contributed by atoms with Crippen LogP contribution in [-0.2, 0) is 4.79 Å². The molecule has 2 atom stereocenters. The van der Waals surface area contributed by atoms with Crippen LogP contribution >= 0.6 is 0 Å². The average Bonchev–Trinajstić information content (AvgIpc) is 2.11.